The molecule has 11 heteroatoms. The van der Waals surface area contributed by atoms with Crippen LogP contribution in [0.3, 0.4) is 0 Å². The van der Waals surface area contributed by atoms with Gasteiger partial charge in [-0.05, 0) is 43.5 Å². The first kappa shape index (κ1) is 22.4. The van der Waals surface area contributed by atoms with Gasteiger partial charge in [0.2, 0.25) is 5.95 Å². The molecule has 3 fully saturated rings. The summed E-state index contributed by atoms with van der Waals surface area (Å²) >= 11 is 0. The van der Waals surface area contributed by atoms with Gasteiger partial charge in [0.15, 0.2) is 11.5 Å². The van der Waals surface area contributed by atoms with Gasteiger partial charge in [0.05, 0.1) is 37.3 Å². The van der Waals surface area contributed by atoms with Gasteiger partial charge in [-0.25, -0.2) is 4.98 Å². The van der Waals surface area contributed by atoms with Gasteiger partial charge in [0.1, 0.15) is 11.9 Å². The number of morpholine rings is 2. The highest BCUT2D eigenvalue weighted by Crippen LogP contribution is 2.37. The number of aromatic nitrogens is 5. The summed E-state index contributed by atoms with van der Waals surface area (Å²) in [4.78, 5) is 21.6. The molecule has 7 rings (SSSR count). The molecule has 0 aliphatic carbocycles. The van der Waals surface area contributed by atoms with Crippen molar-refractivity contribution in [2.75, 3.05) is 36.1 Å². The molecule has 10 nitrogen and oxygen atoms in total. The second kappa shape index (κ2) is 8.63. The van der Waals surface area contributed by atoms with Crippen molar-refractivity contribution in [2.24, 2.45) is 0 Å². The molecule has 3 saturated heterocycles. The van der Waals surface area contributed by atoms with Crippen LogP contribution in [0.15, 0.2) is 42.6 Å². The maximum absolute atomic E-state index is 15.4. The molecule has 0 saturated carbocycles. The van der Waals surface area contributed by atoms with Crippen molar-refractivity contribution in [3.8, 4) is 16.9 Å². The topological polar surface area (TPSA) is 101 Å². The Hall–Kier alpha value is -3.83. The molecule has 1 amide bonds. The van der Waals surface area contributed by atoms with Crippen LogP contribution in [0.2, 0.25) is 0 Å². The number of carbonyl (C=O) groups is 1. The molecule has 6 heterocycles. The van der Waals surface area contributed by atoms with E-state index in [1.807, 2.05) is 30.3 Å². The molecule has 3 aliphatic rings. The summed E-state index contributed by atoms with van der Waals surface area (Å²) in [6.45, 7) is 4.50. The van der Waals surface area contributed by atoms with E-state index in [2.05, 4.69) is 27.1 Å². The van der Waals surface area contributed by atoms with E-state index in [4.69, 9.17) is 14.5 Å². The minimum absolute atomic E-state index is 0.00252. The second-order valence-electron chi connectivity index (χ2n) is 9.80. The highest BCUT2D eigenvalue weighted by Gasteiger charge is 2.40. The first-order valence-electron chi connectivity index (χ1n) is 12.6. The molecule has 0 spiro atoms. The number of hydrogen-bond acceptors (Lipinski definition) is 7. The van der Waals surface area contributed by atoms with E-state index in [1.165, 1.54) is 4.68 Å². The summed E-state index contributed by atoms with van der Waals surface area (Å²) < 4.78 is 28.2. The average Bonchev–Trinajstić information content (AvgIpc) is 3.66. The maximum atomic E-state index is 15.4. The van der Waals surface area contributed by atoms with Crippen LogP contribution in [0, 0.1) is 5.95 Å². The minimum Gasteiger partial charge on any atom is -0.377 e. The van der Waals surface area contributed by atoms with E-state index in [0.717, 1.165) is 29.9 Å². The normalized spacial score (nSPS) is 23.8. The number of pyridine rings is 1. The molecular weight excluding hydrogens is 477 g/mol. The van der Waals surface area contributed by atoms with Crippen molar-refractivity contribution in [2.45, 2.75) is 38.0 Å². The van der Waals surface area contributed by atoms with Crippen molar-refractivity contribution in [3.63, 3.8) is 0 Å². The zero-order chi connectivity index (χ0) is 25.1. The summed E-state index contributed by atoms with van der Waals surface area (Å²) in [5.41, 5.74) is 2.69. The standard InChI is InChI=1S/C26H26FN7O3/c1-15-14-36-11-10-32(15)22-12-19(23-24(27)31-34(25(23)29-22)21-8-9-28-30-21)16-2-4-17(5-3-16)33-13-18-6-7-20(37-18)26(33)35/h2-5,8-9,12,15,18,20H,6-7,10-11,13-14H2,1H3,(H,28,30)/t15-,18?,20?/m1/s1. The van der Waals surface area contributed by atoms with Crippen LogP contribution in [0.5, 0.6) is 0 Å². The molecule has 37 heavy (non-hydrogen) atoms. The van der Waals surface area contributed by atoms with E-state index in [1.54, 1.807) is 17.2 Å². The minimum atomic E-state index is -0.619. The molecule has 0 radical (unpaired) electrons. The van der Waals surface area contributed by atoms with Gasteiger partial charge in [-0.2, -0.15) is 14.2 Å². The van der Waals surface area contributed by atoms with Gasteiger partial charge in [-0.1, -0.05) is 12.1 Å². The molecule has 3 atom stereocenters. The van der Waals surface area contributed by atoms with E-state index in [0.29, 0.717) is 48.7 Å². The monoisotopic (exact) mass is 503 g/mol. The smallest absolute Gasteiger partial charge is 0.256 e. The van der Waals surface area contributed by atoms with Crippen molar-refractivity contribution < 1.29 is 18.7 Å². The molecule has 3 aromatic heterocycles. The predicted octanol–water partition coefficient (Wildman–Crippen LogP) is 3.07. The number of ether oxygens (including phenoxy) is 2. The lowest BCUT2D eigenvalue weighted by Crippen LogP contribution is -2.47. The highest BCUT2D eigenvalue weighted by molar-refractivity contribution is 5.99. The summed E-state index contributed by atoms with van der Waals surface area (Å²) in [5, 5.41) is 11.4. The zero-order valence-electron chi connectivity index (χ0n) is 20.3. The molecular formula is C26H26FN7O3. The van der Waals surface area contributed by atoms with Crippen molar-refractivity contribution in [1.29, 1.82) is 0 Å². The number of halogens is 1. The van der Waals surface area contributed by atoms with Crippen LogP contribution in [-0.2, 0) is 14.3 Å². The highest BCUT2D eigenvalue weighted by atomic mass is 19.1. The van der Waals surface area contributed by atoms with Crippen molar-refractivity contribution in [1.82, 2.24) is 25.0 Å². The summed E-state index contributed by atoms with van der Waals surface area (Å²) in [6, 6.07) is 11.4. The number of H-pyrrole nitrogens is 1. The molecule has 190 valence electrons. The van der Waals surface area contributed by atoms with E-state index >= 15 is 4.39 Å². The first-order valence-corrected chi connectivity index (χ1v) is 12.6. The lowest BCUT2D eigenvalue weighted by molar-refractivity contribution is -0.133. The second-order valence-corrected chi connectivity index (χ2v) is 9.80. The third kappa shape index (κ3) is 3.68. The third-order valence-corrected chi connectivity index (χ3v) is 7.47. The Labute approximate surface area is 212 Å². The van der Waals surface area contributed by atoms with Crippen LogP contribution >= 0.6 is 0 Å². The quantitative estimate of drug-likeness (QED) is 0.457. The molecule has 2 bridgehead atoms. The number of amides is 1. The number of anilines is 2. The number of benzene rings is 1. The van der Waals surface area contributed by atoms with Crippen molar-refractivity contribution in [3.05, 3.63) is 48.5 Å². The zero-order valence-corrected chi connectivity index (χ0v) is 20.3. The van der Waals surface area contributed by atoms with Gasteiger partial charge in [-0.15, -0.1) is 5.10 Å². The number of rotatable bonds is 4. The third-order valence-electron chi connectivity index (χ3n) is 7.47. The number of carbonyl (C=O) groups excluding carboxylic acids is 1. The molecule has 3 aliphatic heterocycles. The lowest BCUT2D eigenvalue weighted by Gasteiger charge is -2.34. The van der Waals surface area contributed by atoms with E-state index in [9.17, 15) is 4.79 Å². The SMILES string of the molecule is C[C@@H]1COCCN1c1cc(-c2ccc(N3CC4CCC(O4)C3=O)cc2)c2c(F)nn(-c3cc[nH]n3)c2n1. The van der Waals surface area contributed by atoms with Crippen LogP contribution in [-0.4, -0.2) is 75.4 Å². The lowest BCUT2D eigenvalue weighted by atomic mass is 10.0. The number of hydrogen-bond donors (Lipinski definition) is 1. The van der Waals surface area contributed by atoms with Crippen LogP contribution in [0.25, 0.3) is 28.0 Å². The average molecular weight is 504 g/mol. The summed E-state index contributed by atoms with van der Waals surface area (Å²) in [6.07, 6.45) is 3.07. The fraction of sp³-hybridized carbons (Fsp3) is 0.385. The predicted molar refractivity (Wildman–Crippen MR) is 134 cm³/mol. The van der Waals surface area contributed by atoms with Crippen LogP contribution < -0.4 is 9.80 Å². The molecule has 1 N–H and O–H groups in total. The van der Waals surface area contributed by atoms with Gasteiger partial charge in [-0.3, -0.25) is 9.89 Å². The molecule has 4 aromatic rings. The number of nitrogens with zero attached hydrogens (tertiary/aromatic N) is 6. The largest absolute Gasteiger partial charge is 0.377 e. The van der Waals surface area contributed by atoms with Gasteiger partial charge in [0.25, 0.3) is 5.91 Å². The van der Waals surface area contributed by atoms with Gasteiger partial charge in [0, 0.05) is 30.1 Å². The Kier molecular flexibility index (Phi) is 5.22. The Morgan fingerprint density at radius 1 is 1.14 bits per heavy atom. The first-order chi connectivity index (χ1) is 18.1. The molecule has 2 unspecified atom stereocenters. The van der Waals surface area contributed by atoms with Crippen molar-refractivity contribution >= 4 is 28.4 Å². The number of nitrogens with one attached hydrogen (secondary N) is 1. The maximum Gasteiger partial charge on any atom is 0.256 e. The van der Waals surface area contributed by atoms with E-state index < -0.39 is 5.95 Å². The summed E-state index contributed by atoms with van der Waals surface area (Å²) in [7, 11) is 0. The fourth-order valence-corrected chi connectivity index (χ4v) is 5.58. The van der Waals surface area contributed by atoms with Gasteiger partial charge < -0.3 is 19.3 Å². The Morgan fingerprint density at radius 2 is 2.00 bits per heavy atom. The number of fused-ring (bicyclic) bond motifs is 3. The Morgan fingerprint density at radius 3 is 2.78 bits per heavy atom. The number of aromatic amines is 1. The van der Waals surface area contributed by atoms with Crippen LogP contribution in [0.4, 0.5) is 15.9 Å². The van der Waals surface area contributed by atoms with Crippen LogP contribution in [0.1, 0.15) is 19.8 Å². The molecule has 1 aromatic carbocycles. The van der Waals surface area contributed by atoms with E-state index in [-0.39, 0.29) is 24.2 Å². The Balaban J connectivity index is 1.34. The van der Waals surface area contributed by atoms with Gasteiger partial charge >= 0.3 is 0 Å². The fourth-order valence-electron chi connectivity index (χ4n) is 5.58. The summed E-state index contributed by atoms with van der Waals surface area (Å²) in [5.74, 6) is 0.558. The Bertz CT molecular complexity index is 1470.